The molecule has 1 aliphatic rings. The van der Waals surface area contributed by atoms with E-state index in [0.717, 1.165) is 57.8 Å². The number of hydrogen-bond donors (Lipinski definition) is 1. The first-order valence-electron chi connectivity index (χ1n) is 12.4. The maximum Gasteiger partial charge on any atom is 0.133 e. The molecule has 1 fully saturated rings. The smallest absolute Gasteiger partial charge is 0.133 e. The lowest BCUT2D eigenvalue weighted by atomic mass is 9.81. The van der Waals surface area contributed by atoms with Gasteiger partial charge in [0, 0.05) is 12.8 Å². The van der Waals surface area contributed by atoms with Crippen molar-refractivity contribution in [1.82, 2.24) is 0 Å². The molecule has 0 amide bonds. The van der Waals surface area contributed by atoms with Crippen molar-refractivity contribution in [3.05, 3.63) is 11.1 Å². The quantitative estimate of drug-likeness (QED) is 0.213. The summed E-state index contributed by atoms with van der Waals surface area (Å²) in [6.45, 7) is 6.71. The summed E-state index contributed by atoms with van der Waals surface area (Å²) in [5.41, 5.74) is 2.59. The minimum absolute atomic E-state index is 0.353. The number of allylic oxidation sites excluding steroid dienone is 2. The van der Waals surface area contributed by atoms with Gasteiger partial charge in [-0.3, -0.25) is 4.79 Å². The molecule has 0 heterocycles. The second-order valence-electron chi connectivity index (χ2n) is 9.46. The zero-order chi connectivity index (χ0) is 20.7. The number of carbonyl (C=O) groups is 1. The van der Waals surface area contributed by atoms with Crippen LogP contribution in [0.15, 0.2) is 11.1 Å². The van der Waals surface area contributed by atoms with E-state index in [9.17, 15) is 9.90 Å². The first-order valence-corrected chi connectivity index (χ1v) is 12.4. The lowest BCUT2D eigenvalue weighted by Crippen LogP contribution is -2.30. The van der Waals surface area contributed by atoms with Crippen molar-refractivity contribution < 1.29 is 9.90 Å². The summed E-state index contributed by atoms with van der Waals surface area (Å²) in [5.74, 6) is 0.439. The Morgan fingerprint density at radius 1 is 0.714 bits per heavy atom. The third kappa shape index (κ3) is 12.0. The highest BCUT2D eigenvalue weighted by Crippen LogP contribution is 2.32. The van der Waals surface area contributed by atoms with Crippen molar-refractivity contribution in [3.8, 4) is 0 Å². The molecule has 2 nitrogen and oxygen atoms in total. The number of carbonyl (C=O) groups excluding carboxylic acids is 1. The van der Waals surface area contributed by atoms with Crippen LogP contribution in [0.4, 0.5) is 0 Å². The molecular weight excluding hydrogens is 344 g/mol. The summed E-state index contributed by atoms with van der Waals surface area (Å²) in [6.07, 6.45) is 21.4. The van der Waals surface area contributed by atoms with Crippen molar-refractivity contribution in [3.63, 3.8) is 0 Å². The van der Waals surface area contributed by atoms with E-state index in [0.29, 0.717) is 5.78 Å². The topological polar surface area (TPSA) is 37.3 Å². The molecule has 164 valence electrons. The van der Waals surface area contributed by atoms with Gasteiger partial charge in [-0.2, -0.15) is 0 Å². The van der Waals surface area contributed by atoms with Gasteiger partial charge in [-0.15, -0.1) is 0 Å². The summed E-state index contributed by atoms with van der Waals surface area (Å²) in [7, 11) is 0. The van der Waals surface area contributed by atoms with Gasteiger partial charge in [-0.05, 0) is 58.8 Å². The monoisotopic (exact) mass is 392 g/mol. The minimum Gasteiger partial charge on any atom is -0.390 e. The van der Waals surface area contributed by atoms with Crippen molar-refractivity contribution in [2.75, 3.05) is 0 Å². The fourth-order valence-electron chi connectivity index (χ4n) is 4.46. The summed E-state index contributed by atoms with van der Waals surface area (Å²) in [6, 6.07) is 0. The third-order valence-corrected chi connectivity index (χ3v) is 6.79. The number of ketones is 1. The maximum absolute atomic E-state index is 12.2. The van der Waals surface area contributed by atoms with Crippen LogP contribution in [0, 0.1) is 0 Å². The molecule has 0 aromatic rings. The Hall–Kier alpha value is -0.630. The van der Waals surface area contributed by atoms with Gasteiger partial charge in [0.15, 0.2) is 0 Å². The van der Waals surface area contributed by atoms with Gasteiger partial charge in [0.1, 0.15) is 5.78 Å². The van der Waals surface area contributed by atoms with Crippen molar-refractivity contribution in [2.24, 2.45) is 0 Å². The van der Waals surface area contributed by atoms with E-state index in [1.807, 2.05) is 0 Å². The molecule has 0 bridgehead atoms. The molecule has 2 heteroatoms. The average Bonchev–Trinajstić information content (AvgIpc) is 2.69. The molecule has 1 rings (SSSR count). The Morgan fingerprint density at radius 3 is 2.00 bits per heavy atom. The van der Waals surface area contributed by atoms with Gasteiger partial charge >= 0.3 is 0 Å². The second-order valence-corrected chi connectivity index (χ2v) is 9.46. The van der Waals surface area contributed by atoms with Crippen LogP contribution >= 0.6 is 0 Å². The summed E-state index contributed by atoms with van der Waals surface area (Å²) in [4.78, 5) is 12.2. The molecule has 0 unspecified atom stereocenters. The molecule has 28 heavy (non-hydrogen) atoms. The number of Topliss-reactive ketones (excluding diaryl/α,β-unsaturated/α-hetero) is 1. The highest BCUT2D eigenvalue weighted by molar-refractivity contribution is 5.78. The Kier molecular flexibility index (Phi) is 13.8. The van der Waals surface area contributed by atoms with Gasteiger partial charge in [-0.25, -0.2) is 0 Å². The zero-order valence-electron chi connectivity index (χ0n) is 19.3. The second kappa shape index (κ2) is 15.2. The van der Waals surface area contributed by atoms with E-state index in [-0.39, 0.29) is 5.60 Å². The van der Waals surface area contributed by atoms with Gasteiger partial charge in [-0.1, -0.05) is 82.3 Å². The Labute approximate surface area is 175 Å². The van der Waals surface area contributed by atoms with Gasteiger partial charge in [0.05, 0.1) is 5.60 Å². The van der Waals surface area contributed by atoms with Gasteiger partial charge in [0.2, 0.25) is 0 Å². The van der Waals surface area contributed by atoms with Gasteiger partial charge < -0.3 is 5.11 Å². The van der Waals surface area contributed by atoms with Crippen LogP contribution in [0.2, 0.25) is 0 Å². The predicted octanol–water partition coefficient (Wildman–Crippen LogP) is 8.07. The van der Waals surface area contributed by atoms with Crippen LogP contribution in [0.1, 0.15) is 143 Å². The summed E-state index contributed by atoms with van der Waals surface area (Å²) >= 11 is 0. The fourth-order valence-corrected chi connectivity index (χ4v) is 4.46. The molecule has 0 spiro atoms. The van der Waals surface area contributed by atoms with Crippen LogP contribution in [0.25, 0.3) is 0 Å². The minimum atomic E-state index is -0.353. The molecule has 0 aromatic heterocycles. The van der Waals surface area contributed by atoms with E-state index in [1.54, 1.807) is 0 Å². The molecule has 0 aliphatic heterocycles. The molecule has 0 aromatic carbocycles. The van der Waals surface area contributed by atoms with Crippen LogP contribution in [-0.4, -0.2) is 16.5 Å². The van der Waals surface area contributed by atoms with Crippen LogP contribution in [-0.2, 0) is 4.79 Å². The van der Waals surface area contributed by atoms with Crippen LogP contribution < -0.4 is 0 Å². The van der Waals surface area contributed by atoms with E-state index in [1.165, 1.54) is 75.4 Å². The lowest BCUT2D eigenvalue weighted by Gasteiger charge is -2.32. The summed E-state index contributed by atoms with van der Waals surface area (Å²) in [5, 5.41) is 10.5. The molecule has 1 saturated carbocycles. The van der Waals surface area contributed by atoms with Crippen molar-refractivity contribution in [2.45, 2.75) is 148 Å². The standard InChI is InChI=1S/C26H48O2/c1-4-5-6-11-16-23(2)24(3)18-19-25(27)17-12-8-7-9-13-20-26(28)21-14-10-15-22-26/h28H,4-22H2,1-3H3. The molecule has 0 radical (unpaired) electrons. The molecule has 1 aliphatic carbocycles. The lowest BCUT2D eigenvalue weighted by molar-refractivity contribution is -0.119. The third-order valence-electron chi connectivity index (χ3n) is 6.79. The van der Waals surface area contributed by atoms with Crippen LogP contribution in [0.5, 0.6) is 0 Å². The highest BCUT2D eigenvalue weighted by atomic mass is 16.3. The van der Waals surface area contributed by atoms with Crippen LogP contribution in [0.3, 0.4) is 0 Å². The molecule has 1 N–H and O–H groups in total. The number of rotatable bonds is 16. The Morgan fingerprint density at radius 2 is 1.29 bits per heavy atom. The average molecular weight is 393 g/mol. The largest absolute Gasteiger partial charge is 0.390 e. The Balaban J connectivity index is 2.01. The number of aliphatic hydroxyl groups is 1. The Bertz CT molecular complexity index is 443. The molecular formula is C26H48O2. The zero-order valence-corrected chi connectivity index (χ0v) is 19.3. The summed E-state index contributed by atoms with van der Waals surface area (Å²) < 4.78 is 0. The number of unbranched alkanes of at least 4 members (excludes halogenated alkanes) is 7. The van der Waals surface area contributed by atoms with Gasteiger partial charge in [0.25, 0.3) is 0 Å². The first kappa shape index (κ1) is 25.4. The maximum atomic E-state index is 12.2. The van der Waals surface area contributed by atoms with E-state index in [2.05, 4.69) is 20.8 Å². The van der Waals surface area contributed by atoms with E-state index < -0.39 is 0 Å². The predicted molar refractivity (Wildman–Crippen MR) is 122 cm³/mol. The van der Waals surface area contributed by atoms with E-state index in [4.69, 9.17) is 0 Å². The van der Waals surface area contributed by atoms with Crippen molar-refractivity contribution >= 4 is 5.78 Å². The first-order chi connectivity index (χ1) is 13.5. The SMILES string of the molecule is CCCCCCC(C)=C(C)CCC(=O)CCCCCCCC1(O)CCCCC1. The normalized spacial score (nSPS) is 17.4. The number of hydrogen-bond acceptors (Lipinski definition) is 2. The fraction of sp³-hybridized carbons (Fsp3) is 0.885. The van der Waals surface area contributed by atoms with Crippen molar-refractivity contribution in [1.29, 1.82) is 0 Å². The highest BCUT2D eigenvalue weighted by Gasteiger charge is 2.27. The molecule has 0 saturated heterocycles. The molecule has 0 atom stereocenters. The van der Waals surface area contributed by atoms with E-state index >= 15 is 0 Å².